The van der Waals surface area contributed by atoms with Gasteiger partial charge in [-0.15, -0.1) is 6.58 Å². The van der Waals surface area contributed by atoms with E-state index in [1.165, 1.54) is 83.1 Å². The third-order valence-electron chi connectivity index (χ3n) is 12.4. The average molecular weight is 541 g/mol. The van der Waals surface area contributed by atoms with Gasteiger partial charge in [-0.05, 0) is 59.6 Å². The first-order chi connectivity index (χ1) is 18.6. The average Bonchev–Trinajstić information content (AvgIpc) is 3.59. The molecule has 0 amide bonds. The Morgan fingerprint density at radius 2 is 1.13 bits per heavy atom. The number of benzene rings is 2. The second-order valence-electron chi connectivity index (χ2n) is 14.4. The fourth-order valence-electron chi connectivity index (χ4n) is 10.8. The molecule has 2 aromatic rings. The highest BCUT2D eigenvalue weighted by atomic mass is 28.3. The quantitative estimate of drug-likeness (QED) is 0.231. The van der Waals surface area contributed by atoms with Crippen molar-refractivity contribution in [2.45, 2.75) is 113 Å². The lowest BCUT2D eigenvalue weighted by Gasteiger charge is -2.49. The lowest BCUT2D eigenvalue weighted by Crippen LogP contribution is -2.66. The predicted molar refractivity (Wildman–Crippen MR) is 171 cm³/mol. The SMILES string of the molecule is C=CCC[Si](C)(C)C1CCC([Si](c2ccccc2)(c2ccccc2)C2C3CCCCC3C3CCCCC32)C1. The first-order valence-electron chi connectivity index (χ1n) is 16.3. The molecule has 6 rings (SSSR count). The molecule has 0 nitrogen and oxygen atoms in total. The van der Waals surface area contributed by atoms with Gasteiger partial charge in [0.2, 0.25) is 0 Å². The lowest BCUT2D eigenvalue weighted by molar-refractivity contribution is 0.184. The van der Waals surface area contributed by atoms with Gasteiger partial charge in [0.25, 0.3) is 0 Å². The first kappa shape index (κ1) is 26.8. The molecule has 4 saturated carbocycles. The van der Waals surface area contributed by atoms with Crippen molar-refractivity contribution in [1.29, 1.82) is 0 Å². The van der Waals surface area contributed by atoms with Gasteiger partial charge in [0.1, 0.15) is 8.07 Å². The largest absolute Gasteiger partial charge is 0.124 e. The molecule has 6 unspecified atom stereocenters. The normalized spacial score (nSPS) is 33.5. The molecule has 0 aromatic heterocycles. The van der Waals surface area contributed by atoms with Gasteiger partial charge in [-0.3, -0.25) is 0 Å². The molecule has 0 heterocycles. The summed E-state index contributed by atoms with van der Waals surface area (Å²) >= 11 is 0. The Labute approximate surface area is 235 Å². The zero-order valence-electron chi connectivity index (χ0n) is 24.3. The molecule has 0 bridgehead atoms. The monoisotopic (exact) mass is 540 g/mol. The maximum absolute atomic E-state index is 4.08. The van der Waals surface area contributed by atoms with Crippen LogP contribution in [-0.4, -0.2) is 16.1 Å². The van der Waals surface area contributed by atoms with Crippen molar-refractivity contribution >= 4 is 26.5 Å². The van der Waals surface area contributed by atoms with Crippen molar-refractivity contribution in [2.75, 3.05) is 0 Å². The smallest absolute Gasteiger partial charge is 0.103 e. The molecule has 4 aliphatic rings. The summed E-state index contributed by atoms with van der Waals surface area (Å²) in [7, 11) is -3.32. The number of hydrogen-bond donors (Lipinski definition) is 0. The van der Waals surface area contributed by atoms with Crippen LogP contribution < -0.4 is 10.4 Å². The highest BCUT2D eigenvalue weighted by molar-refractivity contribution is 7.04. The topological polar surface area (TPSA) is 0 Å². The van der Waals surface area contributed by atoms with Gasteiger partial charge in [-0.25, -0.2) is 0 Å². The maximum atomic E-state index is 4.08. The second-order valence-corrected chi connectivity index (χ2v) is 24.0. The van der Waals surface area contributed by atoms with Gasteiger partial charge in [0.05, 0.1) is 8.07 Å². The summed E-state index contributed by atoms with van der Waals surface area (Å²) in [6, 6.07) is 26.0. The van der Waals surface area contributed by atoms with Gasteiger partial charge in [-0.1, -0.05) is 154 Å². The molecule has 0 spiro atoms. The summed E-state index contributed by atoms with van der Waals surface area (Å²) in [6.07, 6.45) is 20.0. The molecular weight excluding hydrogens is 489 g/mol. The molecule has 0 aliphatic heterocycles. The van der Waals surface area contributed by atoms with Crippen molar-refractivity contribution in [2.24, 2.45) is 23.7 Å². The van der Waals surface area contributed by atoms with E-state index in [1.807, 2.05) is 0 Å². The van der Waals surface area contributed by atoms with E-state index in [4.69, 9.17) is 0 Å². The highest BCUT2D eigenvalue weighted by Crippen LogP contribution is 2.66. The minimum absolute atomic E-state index is 0.904. The minimum Gasteiger partial charge on any atom is -0.103 e. The molecule has 0 radical (unpaired) electrons. The Balaban J connectivity index is 1.51. The van der Waals surface area contributed by atoms with Crippen molar-refractivity contribution in [3.8, 4) is 0 Å². The van der Waals surface area contributed by atoms with Crippen molar-refractivity contribution in [1.82, 2.24) is 0 Å². The maximum Gasteiger partial charge on any atom is 0.124 e. The van der Waals surface area contributed by atoms with Crippen LogP contribution >= 0.6 is 0 Å². The lowest BCUT2D eigenvalue weighted by atomic mass is 9.73. The Hall–Kier alpha value is -1.39. The van der Waals surface area contributed by atoms with Crippen LogP contribution in [0.4, 0.5) is 0 Å². The van der Waals surface area contributed by atoms with Gasteiger partial charge in [0.15, 0.2) is 0 Å². The highest BCUT2D eigenvalue weighted by Gasteiger charge is 2.63. The molecule has 204 valence electrons. The second kappa shape index (κ2) is 11.2. The molecule has 4 fully saturated rings. The van der Waals surface area contributed by atoms with E-state index < -0.39 is 16.1 Å². The van der Waals surface area contributed by atoms with Crippen LogP contribution in [0, 0.1) is 23.7 Å². The van der Waals surface area contributed by atoms with Crippen LogP contribution in [-0.2, 0) is 0 Å². The van der Waals surface area contributed by atoms with Crippen molar-refractivity contribution in [3.63, 3.8) is 0 Å². The molecule has 2 heteroatoms. The fourth-order valence-corrected chi connectivity index (χ4v) is 21.8. The summed E-state index contributed by atoms with van der Waals surface area (Å²) in [5, 5.41) is 3.59. The molecule has 0 saturated heterocycles. The standard InChI is InChI=1S/C36H52Si2/c1-4-5-26-37(2,3)30-24-25-31(27-30)38(28-16-8-6-9-17-28,29-18-10-7-11-19-29)36-34-22-14-12-20-32(34)33-21-13-15-23-35(33)36/h4,6-11,16-19,30-36H,1,5,12-15,20-27H2,2-3H3. The van der Waals surface area contributed by atoms with Crippen LogP contribution in [0.25, 0.3) is 0 Å². The number of allylic oxidation sites excluding steroid dienone is 1. The summed E-state index contributed by atoms with van der Waals surface area (Å²) in [4.78, 5) is 0. The van der Waals surface area contributed by atoms with E-state index in [2.05, 4.69) is 86.4 Å². The van der Waals surface area contributed by atoms with Gasteiger partial charge in [0, 0.05) is 0 Å². The zero-order chi connectivity index (χ0) is 26.2. The third-order valence-corrected chi connectivity index (χ3v) is 23.0. The third kappa shape index (κ3) is 4.56. The molecule has 38 heavy (non-hydrogen) atoms. The Morgan fingerprint density at radius 3 is 1.63 bits per heavy atom. The number of rotatable bonds is 8. The minimum atomic E-state index is -2.05. The summed E-state index contributed by atoms with van der Waals surface area (Å²) in [6.45, 7) is 9.50. The van der Waals surface area contributed by atoms with Crippen molar-refractivity contribution in [3.05, 3.63) is 73.3 Å². The van der Waals surface area contributed by atoms with Crippen LogP contribution in [0.5, 0.6) is 0 Å². The fraction of sp³-hybridized carbons (Fsp3) is 0.611. The van der Waals surface area contributed by atoms with E-state index in [0.29, 0.717) is 0 Å². The van der Waals surface area contributed by atoms with Gasteiger partial charge < -0.3 is 0 Å². The van der Waals surface area contributed by atoms with E-state index in [9.17, 15) is 0 Å². The Kier molecular flexibility index (Phi) is 7.93. The summed E-state index contributed by atoms with van der Waals surface area (Å²) < 4.78 is 0. The first-order valence-corrected chi connectivity index (χ1v) is 21.7. The Morgan fingerprint density at radius 1 is 0.658 bits per heavy atom. The van der Waals surface area contributed by atoms with Crippen LogP contribution in [0.3, 0.4) is 0 Å². The molecule has 0 N–H and O–H groups in total. The van der Waals surface area contributed by atoms with E-state index >= 15 is 0 Å². The zero-order valence-corrected chi connectivity index (χ0v) is 26.3. The van der Waals surface area contributed by atoms with Crippen molar-refractivity contribution < 1.29 is 0 Å². The van der Waals surface area contributed by atoms with Gasteiger partial charge in [-0.2, -0.15) is 0 Å². The molecule has 6 atom stereocenters. The van der Waals surface area contributed by atoms with Crippen LogP contribution in [0.1, 0.15) is 77.0 Å². The van der Waals surface area contributed by atoms with Crippen LogP contribution in [0.15, 0.2) is 73.3 Å². The molecule has 2 aromatic carbocycles. The molecular formula is C36H52Si2. The van der Waals surface area contributed by atoms with E-state index in [-0.39, 0.29) is 0 Å². The Bertz CT molecular complexity index is 998. The van der Waals surface area contributed by atoms with E-state index in [0.717, 1.165) is 40.3 Å². The van der Waals surface area contributed by atoms with Crippen LogP contribution in [0.2, 0.25) is 35.8 Å². The number of fused-ring (bicyclic) bond motifs is 3. The predicted octanol–water partition coefficient (Wildman–Crippen LogP) is 9.46. The van der Waals surface area contributed by atoms with Gasteiger partial charge >= 0.3 is 0 Å². The number of hydrogen-bond acceptors (Lipinski definition) is 0. The summed E-state index contributed by atoms with van der Waals surface area (Å²) in [5.41, 5.74) is 2.84. The molecule has 4 aliphatic carbocycles. The summed E-state index contributed by atoms with van der Waals surface area (Å²) in [5.74, 6) is 4.01. The van der Waals surface area contributed by atoms with E-state index in [1.54, 1.807) is 10.4 Å².